The summed E-state index contributed by atoms with van der Waals surface area (Å²) in [6, 6.07) is 0. The average molecular weight is 168 g/mol. The number of aliphatic hydroxyl groups is 1. The Bertz CT molecular complexity index is 125. The van der Waals surface area contributed by atoms with Crippen molar-refractivity contribution in [3.05, 3.63) is 12.7 Å². The van der Waals surface area contributed by atoms with E-state index in [-0.39, 0.29) is 6.10 Å². The molecule has 1 rings (SSSR count). The molecule has 1 aliphatic carbocycles. The van der Waals surface area contributed by atoms with Gasteiger partial charge < -0.3 is 5.11 Å². The molecule has 1 fully saturated rings. The average Bonchev–Trinajstić information content (AvgIpc) is 2.16. The van der Waals surface area contributed by atoms with E-state index in [1.165, 1.54) is 38.5 Å². The molecule has 12 heavy (non-hydrogen) atoms. The fourth-order valence-corrected chi connectivity index (χ4v) is 2.00. The van der Waals surface area contributed by atoms with Crippen molar-refractivity contribution < 1.29 is 5.11 Å². The summed E-state index contributed by atoms with van der Waals surface area (Å²) < 4.78 is 0. The van der Waals surface area contributed by atoms with Crippen molar-refractivity contribution >= 4 is 0 Å². The van der Waals surface area contributed by atoms with Crippen LogP contribution in [-0.2, 0) is 0 Å². The van der Waals surface area contributed by atoms with Crippen LogP contribution in [0.3, 0.4) is 0 Å². The Morgan fingerprint density at radius 2 is 2.00 bits per heavy atom. The fourth-order valence-electron chi connectivity index (χ4n) is 2.00. The van der Waals surface area contributed by atoms with Gasteiger partial charge in [0.1, 0.15) is 0 Å². The van der Waals surface area contributed by atoms with E-state index in [2.05, 4.69) is 6.58 Å². The number of aliphatic hydroxyl groups excluding tert-OH is 1. The van der Waals surface area contributed by atoms with Crippen LogP contribution >= 0.6 is 0 Å². The van der Waals surface area contributed by atoms with Gasteiger partial charge in [-0.25, -0.2) is 0 Å². The summed E-state index contributed by atoms with van der Waals surface area (Å²) in [5, 5.41) is 9.27. The van der Waals surface area contributed by atoms with Crippen LogP contribution < -0.4 is 0 Å². The first-order chi connectivity index (χ1) is 5.83. The monoisotopic (exact) mass is 168 g/mol. The van der Waals surface area contributed by atoms with Crippen molar-refractivity contribution in [1.82, 2.24) is 0 Å². The lowest BCUT2D eigenvalue weighted by Crippen LogP contribution is -2.10. The Morgan fingerprint density at radius 3 is 2.58 bits per heavy atom. The van der Waals surface area contributed by atoms with Crippen molar-refractivity contribution in [1.29, 1.82) is 0 Å². The van der Waals surface area contributed by atoms with Crippen LogP contribution in [0.1, 0.15) is 44.9 Å². The SMILES string of the molecule is C=CC(O)CCC1CCCCC1. The maximum absolute atomic E-state index is 9.27. The molecule has 1 unspecified atom stereocenters. The lowest BCUT2D eigenvalue weighted by Gasteiger charge is -2.21. The molecular weight excluding hydrogens is 148 g/mol. The number of rotatable bonds is 4. The Balaban J connectivity index is 2.08. The highest BCUT2D eigenvalue weighted by Crippen LogP contribution is 2.27. The zero-order chi connectivity index (χ0) is 8.81. The molecule has 1 heteroatoms. The predicted octanol–water partition coefficient (Wildman–Crippen LogP) is 2.89. The molecular formula is C11H20O. The second kappa shape index (κ2) is 5.36. The lowest BCUT2D eigenvalue weighted by molar-refractivity contribution is 0.192. The largest absolute Gasteiger partial charge is 0.389 e. The van der Waals surface area contributed by atoms with Crippen molar-refractivity contribution in [2.75, 3.05) is 0 Å². The van der Waals surface area contributed by atoms with Crippen LogP contribution in [0, 0.1) is 5.92 Å². The number of hydrogen-bond acceptors (Lipinski definition) is 1. The van der Waals surface area contributed by atoms with Gasteiger partial charge in [0.15, 0.2) is 0 Å². The molecule has 0 aromatic heterocycles. The standard InChI is InChI=1S/C11H20O/c1-2-11(12)9-8-10-6-4-3-5-7-10/h2,10-12H,1,3-9H2. The van der Waals surface area contributed by atoms with Crippen molar-refractivity contribution in [3.63, 3.8) is 0 Å². The molecule has 1 nitrogen and oxygen atoms in total. The first-order valence-corrected chi connectivity index (χ1v) is 5.13. The summed E-state index contributed by atoms with van der Waals surface area (Å²) in [6.45, 7) is 3.57. The third-order valence-electron chi connectivity index (χ3n) is 2.87. The normalized spacial score (nSPS) is 22.1. The van der Waals surface area contributed by atoms with Crippen LogP contribution in [0.15, 0.2) is 12.7 Å². The molecule has 0 spiro atoms. The quantitative estimate of drug-likeness (QED) is 0.640. The minimum Gasteiger partial charge on any atom is -0.389 e. The molecule has 0 aliphatic heterocycles. The van der Waals surface area contributed by atoms with E-state index in [0.29, 0.717) is 0 Å². The van der Waals surface area contributed by atoms with E-state index in [1.807, 2.05) is 0 Å². The Hall–Kier alpha value is -0.300. The van der Waals surface area contributed by atoms with Crippen LogP contribution in [0.4, 0.5) is 0 Å². The van der Waals surface area contributed by atoms with Crippen LogP contribution in [0.2, 0.25) is 0 Å². The first-order valence-electron chi connectivity index (χ1n) is 5.13. The van der Waals surface area contributed by atoms with Crippen molar-refractivity contribution in [2.24, 2.45) is 5.92 Å². The molecule has 1 saturated carbocycles. The van der Waals surface area contributed by atoms with E-state index >= 15 is 0 Å². The van der Waals surface area contributed by atoms with Gasteiger partial charge in [-0.3, -0.25) is 0 Å². The molecule has 1 aliphatic rings. The van der Waals surface area contributed by atoms with Gasteiger partial charge in [-0.1, -0.05) is 38.2 Å². The molecule has 0 aromatic rings. The van der Waals surface area contributed by atoms with Gasteiger partial charge in [0.25, 0.3) is 0 Å². The van der Waals surface area contributed by atoms with Gasteiger partial charge in [0, 0.05) is 0 Å². The molecule has 1 atom stereocenters. The molecule has 0 bridgehead atoms. The van der Waals surface area contributed by atoms with Gasteiger partial charge in [-0.2, -0.15) is 0 Å². The molecule has 1 N–H and O–H groups in total. The third kappa shape index (κ3) is 3.40. The van der Waals surface area contributed by atoms with Gasteiger partial charge in [-0.05, 0) is 18.8 Å². The highest BCUT2D eigenvalue weighted by Gasteiger charge is 2.13. The van der Waals surface area contributed by atoms with Crippen LogP contribution in [-0.4, -0.2) is 11.2 Å². The first kappa shape index (κ1) is 9.79. The van der Waals surface area contributed by atoms with E-state index in [1.54, 1.807) is 6.08 Å². The highest BCUT2D eigenvalue weighted by atomic mass is 16.3. The minimum absolute atomic E-state index is 0.271. The summed E-state index contributed by atoms with van der Waals surface area (Å²) in [4.78, 5) is 0. The van der Waals surface area contributed by atoms with Gasteiger partial charge in [-0.15, -0.1) is 6.58 Å². The summed E-state index contributed by atoms with van der Waals surface area (Å²) in [5.41, 5.74) is 0. The topological polar surface area (TPSA) is 20.2 Å². The molecule has 0 heterocycles. The summed E-state index contributed by atoms with van der Waals surface area (Å²) >= 11 is 0. The second-order valence-corrected chi connectivity index (χ2v) is 3.88. The van der Waals surface area contributed by atoms with Crippen LogP contribution in [0.25, 0.3) is 0 Å². The summed E-state index contributed by atoms with van der Waals surface area (Å²) in [5.74, 6) is 0.883. The highest BCUT2D eigenvalue weighted by molar-refractivity contribution is 4.79. The van der Waals surface area contributed by atoms with Gasteiger partial charge in [0.2, 0.25) is 0 Å². The van der Waals surface area contributed by atoms with E-state index in [4.69, 9.17) is 0 Å². The Morgan fingerprint density at radius 1 is 1.33 bits per heavy atom. The van der Waals surface area contributed by atoms with Crippen molar-refractivity contribution in [3.8, 4) is 0 Å². The maximum atomic E-state index is 9.27. The second-order valence-electron chi connectivity index (χ2n) is 3.88. The fraction of sp³-hybridized carbons (Fsp3) is 0.818. The zero-order valence-corrected chi connectivity index (χ0v) is 7.84. The minimum atomic E-state index is -0.271. The van der Waals surface area contributed by atoms with E-state index in [0.717, 1.165) is 12.3 Å². The Labute approximate surface area is 75.5 Å². The van der Waals surface area contributed by atoms with Gasteiger partial charge in [0.05, 0.1) is 6.10 Å². The van der Waals surface area contributed by atoms with Crippen molar-refractivity contribution in [2.45, 2.75) is 51.0 Å². The van der Waals surface area contributed by atoms with Gasteiger partial charge >= 0.3 is 0 Å². The lowest BCUT2D eigenvalue weighted by atomic mass is 9.85. The maximum Gasteiger partial charge on any atom is 0.0718 e. The smallest absolute Gasteiger partial charge is 0.0718 e. The molecule has 0 amide bonds. The van der Waals surface area contributed by atoms with E-state index < -0.39 is 0 Å². The molecule has 70 valence electrons. The molecule has 0 saturated heterocycles. The number of hydrogen-bond donors (Lipinski definition) is 1. The summed E-state index contributed by atoms with van der Waals surface area (Å²) in [7, 11) is 0. The summed E-state index contributed by atoms with van der Waals surface area (Å²) in [6.07, 6.45) is 10.4. The Kier molecular flexibility index (Phi) is 4.37. The third-order valence-corrected chi connectivity index (χ3v) is 2.87. The van der Waals surface area contributed by atoms with Crippen LogP contribution in [0.5, 0.6) is 0 Å². The van der Waals surface area contributed by atoms with E-state index in [9.17, 15) is 5.11 Å². The molecule has 0 aromatic carbocycles. The zero-order valence-electron chi connectivity index (χ0n) is 7.84. The predicted molar refractivity (Wildman–Crippen MR) is 52.0 cm³/mol. The molecule has 0 radical (unpaired) electrons.